The fourth-order valence-corrected chi connectivity index (χ4v) is 4.06. The van der Waals surface area contributed by atoms with E-state index < -0.39 is 0 Å². The zero-order valence-electron chi connectivity index (χ0n) is 17.5. The van der Waals surface area contributed by atoms with Gasteiger partial charge in [0, 0.05) is 30.7 Å². The number of fused-ring (bicyclic) bond motifs is 1. The number of likely N-dealkylation sites (tertiary alicyclic amines) is 1. The fourth-order valence-electron chi connectivity index (χ4n) is 4.06. The van der Waals surface area contributed by atoms with Crippen molar-refractivity contribution in [3.8, 4) is 5.69 Å². The molecule has 3 aromatic rings. The molecular weight excluding hydrogens is 435 g/mol. The summed E-state index contributed by atoms with van der Waals surface area (Å²) in [6.45, 7) is 4.59. The van der Waals surface area contributed by atoms with Crippen molar-refractivity contribution < 1.29 is 4.79 Å². The van der Waals surface area contributed by atoms with E-state index >= 15 is 0 Å². The van der Waals surface area contributed by atoms with Gasteiger partial charge in [0.2, 0.25) is 0 Å². The van der Waals surface area contributed by atoms with Crippen molar-refractivity contribution in [2.75, 3.05) is 19.6 Å². The van der Waals surface area contributed by atoms with Crippen molar-refractivity contribution in [1.82, 2.24) is 30.2 Å². The molecule has 2 aromatic heterocycles. The van der Waals surface area contributed by atoms with Gasteiger partial charge in [0.1, 0.15) is 0 Å². The standard InChI is InChI=1S/C22H26N6O.2ClH/c1-15-21(22(29)27-11-8-18(9-12-27)24-14-16-4-5-16)25-26-28(15)19-6-7-20-17(13-19)3-2-10-23-20;;/h2-3,6-7,10,13,16,18,24H,4-5,8-9,11-12,14H2,1H3;2*1H. The summed E-state index contributed by atoms with van der Waals surface area (Å²) in [6.07, 6.45) is 6.52. The van der Waals surface area contributed by atoms with Gasteiger partial charge in [-0.05, 0) is 69.3 Å². The summed E-state index contributed by atoms with van der Waals surface area (Å²) >= 11 is 0. The van der Waals surface area contributed by atoms with Gasteiger partial charge in [0.25, 0.3) is 5.91 Å². The largest absolute Gasteiger partial charge is 0.337 e. The fraction of sp³-hybridized carbons (Fsp3) is 0.455. The maximum absolute atomic E-state index is 13.0. The predicted molar refractivity (Wildman–Crippen MR) is 126 cm³/mol. The number of halogens is 2. The SMILES string of the molecule is Cc1c(C(=O)N2CCC(NCC3CC3)CC2)nnn1-c1ccc2ncccc2c1.Cl.Cl. The van der Waals surface area contributed by atoms with Crippen LogP contribution in [0.25, 0.3) is 16.6 Å². The summed E-state index contributed by atoms with van der Waals surface area (Å²) in [5.41, 5.74) is 3.04. The number of pyridine rings is 1. The highest BCUT2D eigenvalue weighted by Gasteiger charge is 2.28. The highest BCUT2D eigenvalue weighted by atomic mass is 35.5. The van der Waals surface area contributed by atoms with Crippen LogP contribution in [0, 0.1) is 12.8 Å². The first-order chi connectivity index (χ1) is 14.2. The molecule has 9 heteroatoms. The maximum atomic E-state index is 13.0. The molecule has 1 N–H and O–H groups in total. The van der Waals surface area contributed by atoms with Crippen molar-refractivity contribution in [3.05, 3.63) is 47.9 Å². The van der Waals surface area contributed by atoms with Crippen molar-refractivity contribution >= 4 is 41.6 Å². The summed E-state index contributed by atoms with van der Waals surface area (Å²) in [6, 6.07) is 10.4. The van der Waals surface area contributed by atoms with Crippen molar-refractivity contribution in [1.29, 1.82) is 0 Å². The van der Waals surface area contributed by atoms with E-state index in [1.165, 1.54) is 12.8 Å². The first-order valence-corrected chi connectivity index (χ1v) is 10.5. The lowest BCUT2D eigenvalue weighted by Gasteiger charge is -2.32. The van der Waals surface area contributed by atoms with Gasteiger partial charge in [-0.3, -0.25) is 9.78 Å². The number of carbonyl (C=O) groups excluding carboxylic acids is 1. The second-order valence-electron chi connectivity index (χ2n) is 8.23. The molecule has 1 aromatic carbocycles. The van der Waals surface area contributed by atoms with E-state index in [0.717, 1.165) is 60.7 Å². The minimum Gasteiger partial charge on any atom is -0.337 e. The second-order valence-corrected chi connectivity index (χ2v) is 8.23. The van der Waals surface area contributed by atoms with E-state index in [4.69, 9.17) is 0 Å². The molecule has 1 saturated carbocycles. The normalized spacial score (nSPS) is 16.6. The Morgan fingerprint density at radius 2 is 1.90 bits per heavy atom. The zero-order valence-corrected chi connectivity index (χ0v) is 19.2. The van der Waals surface area contributed by atoms with Crippen LogP contribution in [0.5, 0.6) is 0 Å². The number of amides is 1. The Labute approximate surface area is 194 Å². The minimum atomic E-state index is -0.0168. The van der Waals surface area contributed by atoms with Crippen LogP contribution in [0.4, 0.5) is 0 Å². The molecule has 7 nitrogen and oxygen atoms in total. The van der Waals surface area contributed by atoms with E-state index in [2.05, 4.69) is 20.6 Å². The predicted octanol–water partition coefficient (Wildman–Crippen LogP) is 3.57. The Morgan fingerprint density at radius 3 is 2.65 bits per heavy atom. The molecule has 1 saturated heterocycles. The molecule has 166 valence electrons. The molecule has 2 fully saturated rings. The summed E-state index contributed by atoms with van der Waals surface area (Å²) in [5, 5.41) is 13.2. The lowest BCUT2D eigenvalue weighted by Crippen LogP contribution is -2.45. The quantitative estimate of drug-likeness (QED) is 0.626. The lowest BCUT2D eigenvalue weighted by atomic mass is 10.0. The average molecular weight is 463 g/mol. The molecule has 1 amide bonds. The number of carbonyl (C=O) groups is 1. The molecule has 0 unspecified atom stereocenters. The van der Waals surface area contributed by atoms with Crippen molar-refractivity contribution in [2.24, 2.45) is 5.92 Å². The van der Waals surface area contributed by atoms with Gasteiger partial charge in [0.05, 0.1) is 16.9 Å². The minimum absolute atomic E-state index is 0. The Balaban J connectivity index is 0.00000136. The Kier molecular flexibility index (Phi) is 7.51. The third-order valence-corrected chi connectivity index (χ3v) is 6.10. The Morgan fingerprint density at radius 1 is 1.13 bits per heavy atom. The molecule has 0 bridgehead atoms. The second kappa shape index (κ2) is 9.94. The van der Waals surface area contributed by atoms with Crippen LogP contribution in [0.2, 0.25) is 0 Å². The van der Waals surface area contributed by atoms with Gasteiger partial charge >= 0.3 is 0 Å². The van der Waals surface area contributed by atoms with E-state index in [1.807, 2.05) is 42.2 Å². The van der Waals surface area contributed by atoms with Gasteiger partial charge < -0.3 is 10.2 Å². The number of aromatic nitrogens is 4. The molecule has 0 atom stereocenters. The summed E-state index contributed by atoms with van der Waals surface area (Å²) in [5.74, 6) is 0.870. The Bertz CT molecular complexity index is 1040. The first kappa shape index (κ1) is 23.4. The van der Waals surface area contributed by atoms with Crippen LogP contribution in [0.15, 0.2) is 36.5 Å². The molecule has 1 aliphatic carbocycles. The highest BCUT2D eigenvalue weighted by Crippen LogP contribution is 2.28. The smallest absolute Gasteiger partial charge is 0.276 e. The third kappa shape index (κ3) is 5.00. The number of benzene rings is 1. The number of hydrogen-bond donors (Lipinski definition) is 1. The van der Waals surface area contributed by atoms with Crippen LogP contribution in [0.3, 0.4) is 0 Å². The molecule has 1 aliphatic heterocycles. The van der Waals surface area contributed by atoms with Gasteiger partial charge in [-0.1, -0.05) is 11.3 Å². The average Bonchev–Trinajstić information content (AvgIpc) is 3.52. The first-order valence-electron chi connectivity index (χ1n) is 10.5. The lowest BCUT2D eigenvalue weighted by molar-refractivity contribution is 0.0698. The number of piperidine rings is 1. The van der Waals surface area contributed by atoms with Crippen molar-refractivity contribution in [2.45, 2.75) is 38.6 Å². The van der Waals surface area contributed by atoms with E-state index in [9.17, 15) is 4.79 Å². The van der Waals surface area contributed by atoms with Crippen LogP contribution in [0.1, 0.15) is 41.9 Å². The van der Waals surface area contributed by atoms with Gasteiger partial charge in [-0.15, -0.1) is 29.9 Å². The third-order valence-electron chi connectivity index (χ3n) is 6.10. The van der Waals surface area contributed by atoms with E-state index in [0.29, 0.717) is 11.7 Å². The van der Waals surface area contributed by atoms with Gasteiger partial charge in [-0.2, -0.15) is 0 Å². The molecule has 3 heterocycles. The molecule has 0 radical (unpaired) electrons. The number of nitrogens with zero attached hydrogens (tertiary/aromatic N) is 5. The summed E-state index contributed by atoms with van der Waals surface area (Å²) < 4.78 is 1.74. The molecule has 2 aliphatic rings. The van der Waals surface area contributed by atoms with E-state index in [1.54, 1.807) is 10.9 Å². The van der Waals surface area contributed by atoms with Crippen molar-refractivity contribution in [3.63, 3.8) is 0 Å². The summed E-state index contributed by atoms with van der Waals surface area (Å²) in [7, 11) is 0. The summed E-state index contributed by atoms with van der Waals surface area (Å²) in [4.78, 5) is 19.3. The molecule has 31 heavy (non-hydrogen) atoms. The molecule has 0 spiro atoms. The van der Waals surface area contributed by atoms with Crippen LogP contribution >= 0.6 is 24.8 Å². The molecule has 5 rings (SSSR count). The highest BCUT2D eigenvalue weighted by molar-refractivity contribution is 5.93. The number of nitrogens with one attached hydrogen (secondary N) is 1. The van der Waals surface area contributed by atoms with Crippen LogP contribution in [-0.2, 0) is 0 Å². The van der Waals surface area contributed by atoms with E-state index in [-0.39, 0.29) is 30.7 Å². The van der Waals surface area contributed by atoms with Gasteiger partial charge in [0.15, 0.2) is 5.69 Å². The Hall–Kier alpha value is -2.22. The molecular formula is C22H28Cl2N6O. The topological polar surface area (TPSA) is 75.9 Å². The zero-order chi connectivity index (χ0) is 19.8. The number of rotatable bonds is 5. The maximum Gasteiger partial charge on any atom is 0.276 e. The van der Waals surface area contributed by atoms with Crippen LogP contribution < -0.4 is 5.32 Å². The van der Waals surface area contributed by atoms with Gasteiger partial charge in [-0.25, -0.2) is 4.68 Å². The van der Waals surface area contributed by atoms with Crippen LogP contribution in [-0.4, -0.2) is 56.5 Å². The number of hydrogen-bond acceptors (Lipinski definition) is 5. The monoisotopic (exact) mass is 462 g/mol.